The van der Waals surface area contributed by atoms with Gasteiger partial charge in [-0.3, -0.25) is 9.59 Å². The Balaban J connectivity index is 1.22. The largest absolute Gasteiger partial charge is 0.481 e. The van der Waals surface area contributed by atoms with Crippen LogP contribution in [0, 0.1) is 22.7 Å². The Morgan fingerprint density at radius 1 is 0.556 bits per heavy atom. The lowest BCUT2D eigenvalue weighted by molar-refractivity contribution is -0.172. The Morgan fingerprint density at radius 3 is 1.33 bits per heavy atom. The lowest BCUT2D eigenvalue weighted by Crippen LogP contribution is -2.58. The Kier molecular flexibility index (Phi) is 6.89. The zero-order valence-electron chi connectivity index (χ0n) is 31.4. The van der Waals surface area contributed by atoms with E-state index in [1.54, 1.807) is 13.8 Å². The Hall–Kier alpha value is -4.66. The number of benzene rings is 4. The normalized spacial score (nSPS) is 33.4. The molecule has 2 heterocycles. The van der Waals surface area contributed by atoms with Gasteiger partial charge in [0.15, 0.2) is 0 Å². The van der Waals surface area contributed by atoms with Gasteiger partial charge in [0, 0.05) is 21.5 Å². The number of hydrogen-bond acceptors (Lipinski definition) is 4. The number of fused-ring (bicyclic) bond motifs is 12. The number of aryl methyl sites for hydroxylation is 2. The number of aliphatic carboxylic acids is 2. The monoisotopic (exact) mass is 724 g/mol. The molecule has 2 saturated carbocycles. The minimum Gasteiger partial charge on any atom is -0.481 e. The van der Waals surface area contributed by atoms with Crippen molar-refractivity contribution in [1.29, 1.82) is 0 Å². The second-order valence-corrected chi connectivity index (χ2v) is 18.0. The van der Waals surface area contributed by atoms with Gasteiger partial charge in [-0.05, 0) is 147 Å². The standard InChI is InChI=1S/C46H48N2O6/c1-43-19-17-39(49)45(3,41(51)52)37(43)15-13-25-21-35-29(23-31(25)43)27-9-5-7-11-33(27)47(35)48-34-12-8-6-10-28(34)30-24-32-26(22-36(30)48)14-16-38-44(32,2)20-18-40(50)46(38,4)42(53)54/h5-12,21-24,37-40,49-50H,13-20H2,1-4H3,(H,51,52)(H,53,54)/t37?,38?,39-,40-,43+,44+,45-,46-/m0/s1. The fourth-order valence-electron chi connectivity index (χ4n) is 12.7. The van der Waals surface area contributed by atoms with Crippen LogP contribution in [0.2, 0.25) is 0 Å². The number of aromatic nitrogens is 2. The fourth-order valence-corrected chi connectivity index (χ4v) is 12.7. The highest BCUT2D eigenvalue weighted by Gasteiger charge is 2.61. The summed E-state index contributed by atoms with van der Waals surface area (Å²) >= 11 is 0. The first kappa shape index (κ1) is 33.9. The summed E-state index contributed by atoms with van der Waals surface area (Å²) < 4.78 is 4.74. The summed E-state index contributed by atoms with van der Waals surface area (Å²) in [6.07, 6.45) is 3.53. The number of hydrogen-bond donors (Lipinski definition) is 4. The van der Waals surface area contributed by atoms with Crippen LogP contribution in [0.3, 0.4) is 0 Å². The van der Waals surface area contributed by atoms with Crippen LogP contribution in [-0.4, -0.2) is 53.9 Å². The lowest BCUT2D eigenvalue weighted by Gasteiger charge is -2.55. The van der Waals surface area contributed by atoms with E-state index < -0.39 is 35.0 Å². The molecule has 8 atom stereocenters. The molecule has 4 aliphatic rings. The molecule has 0 spiro atoms. The van der Waals surface area contributed by atoms with Crippen molar-refractivity contribution in [2.75, 3.05) is 0 Å². The molecule has 0 aliphatic heterocycles. The van der Waals surface area contributed by atoms with Gasteiger partial charge in [0.2, 0.25) is 0 Å². The fraction of sp³-hybridized carbons (Fsp3) is 0.435. The second-order valence-electron chi connectivity index (χ2n) is 18.0. The second kappa shape index (κ2) is 11.0. The van der Waals surface area contributed by atoms with E-state index in [1.165, 1.54) is 22.3 Å². The third kappa shape index (κ3) is 4.00. The molecule has 10 rings (SSSR count). The average molecular weight is 725 g/mol. The predicted molar refractivity (Wildman–Crippen MR) is 210 cm³/mol. The van der Waals surface area contributed by atoms with Crippen molar-refractivity contribution in [3.05, 3.63) is 95.1 Å². The van der Waals surface area contributed by atoms with Crippen molar-refractivity contribution in [3.63, 3.8) is 0 Å². The molecule has 0 saturated heterocycles. The number of rotatable bonds is 3. The summed E-state index contributed by atoms with van der Waals surface area (Å²) in [6.45, 7) is 7.95. The van der Waals surface area contributed by atoms with Gasteiger partial charge < -0.3 is 20.4 Å². The van der Waals surface area contributed by atoms with Crippen molar-refractivity contribution in [3.8, 4) is 0 Å². The maximum absolute atomic E-state index is 12.8. The first-order valence-corrected chi connectivity index (χ1v) is 19.7. The number of carboxylic acid groups (broad SMARTS) is 2. The molecule has 0 radical (unpaired) electrons. The van der Waals surface area contributed by atoms with Crippen molar-refractivity contribution >= 4 is 55.6 Å². The zero-order valence-corrected chi connectivity index (χ0v) is 31.4. The number of carbonyl (C=O) groups is 2. The van der Waals surface area contributed by atoms with Gasteiger partial charge in [-0.15, -0.1) is 0 Å². The number of nitrogens with zero attached hydrogens (tertiary/aromatic N) is 2. The number of carboxylic acids is 2. The quantitative estimate of drug-likeness (QED) is 0.146. The molecule has 278 valence electrons. The van der Waals surface area contributed by atoms with Crippen LogP contribution in [0.1, 0.15) is 88.5 Å². The van der Waals surface area contributed by atoms with Crippen LogP contribution in [-0.2, 0) is 33.3 Å². The van der Waals surface area contributed by atoms with E-state index in [2.05, 4.69) is 96.0 Å². The molecule has 2 fully saturated rings. The molecule has 2 unspecified atom stereocenters. The maximum Gasteiger partial charge on any atom is 0.312 e. The predicted octanol–water partition coefficient (Wildman–Crippen LogP) is 8.35. The molecule has 4 aliphatic carbocycles. The van der Waals surface area contributed by atoms with E-state index in [4.69, 9.17) is 0 Å². The van der Waals surface area contributed by atoms with Gasteiger partial charge in [0.05, 0.1) is 45.1 Å². The van der Waals surface area contributed by atoms with Gasteiger partial charge >= 0.3 is 11.9 Å². The van der Waals surface area contributed by atoms with Gasteiger partial charge in [-0.2, -0.15) is 0 Å². The van der Waals surface area contributed by atoms with Gasteiger partial charge in [0.1, 0.15) is 0 Å². The molecule has 6 aromatic rings. The van der Waals surface area contributed by atoms with Gasteiger partial charge in [-0.1, -0.05) is 50.2 Å². The van der Waals surface area contributed by atoms with E-state index in [1.807, 2.05) is 0 Å². The van der Waals surface area contributed by atoms with E-state index >= 15 is 0 Å². The van der Waals surface area contributed by atoms with E-state index in [0.717, 1.165) is 69.3 Å². The van der Waals surface area contributed by atoms with Crippen molar-refractivity contribution in [2.45, 2.75) is 102 Å². The summed E-state index contributed by atoms with van der Waals surface area (Å²) in [5, 5.41) is 47.6. The number of aliphatic hydroxyl groups is 2. The Labute approximate surface area is 314 Å². The molecule has 0 bridgehead atoms. The highest BCUT2D eigenvalue weighted by Crippen LogP contribution is 2.60. The van der Waals surface area contributed by atoms with Gasteiger partial charge in [0.25, 0.3) is 0 Å². The summed E-state index contributed by atoms with van der Waals surface area (Å²) in [6, 6.07) is 26.4. The van der Waals surface area contributed by atoms with Gasteiger partial charge in [-0.25, -0.2) is 9.35 Å². The highest BCUT2D eigenvalue weighted by atomic mass is 16.4. The third-order valence-corrected chi connectivity index (χ3v) is 15.7. The summed E-state index contributed by atoms with van der Waals surface area (Å²) in [5.74, 6) is -2.20. The molecule has 2 aromatic heterocycles. The third-order valence-electron chi connectivity index (χ3n) is 15.7. The average Bonchev–Trinajstić information content (AvgIpc) is 3.64. The molecule has 54 heavy (non-hydrogen) atoms. The summed E-state index contributed by atoms with van der Waals surface area (Å²) in [7, 11) is 0. The summed E-state index contributed by atoms with van der Waals surface area (Å²) in [4.78, 5) is 25.6. The topological polar surface area (TPSA) is 125 Å². The van der Waals surface area contributed by atoms with E-state index in [0.29, 0.717) is 25.7 Å². The summed E-state index contributed by atoms with van der Waals surface area (Å²) in [5.41, 5.74) is 6.06. The van der Waals surface area contributed by atoms with Crippen LogP contribution in [0.5, 0.6) is 0 Å². The van der Waals surface area contributed by atoms with Crippen molar-refractivity contribution < 1.29 is 30.0 Å². The van der Waals surface area contributed by atoms with E-state index in [-0.39, 0.29) is 22.7 Å². The number of aliphatic hydroxyl groups excluding tert-OH is 2. The highest BCUT2D eigenvalue weighted by molar-refractivity contribution is 6.12. The smallest absolute Gasteiger partial charge is 0.312 e. The molecular formula is C46H48N2O6. The first-order valence-electron chi connectivity index (χ1n) is 19.7. The van der Waals surface area contributed by atoms with Crippen LogP contribution < -0.4 is 0 Å². The van der Waals surface area contributed by atoms with Crippen LogP contribution in [0.4, 0.5) is 0 Å². The molecule has 0 amide bonds. The van der Waals surface area contributed by atoms with Crippen LogP contribution >= 0.6 is 0 Å². The van der Waals surface area contributed by atoms with Crippen molar-refractivity contribution in [2.24, 2.45) is 22.7 Å². The molecule has 4 N–H and O–H groups in total. The molecule has 8 nitrogen and oxygen atoms in total. The minimum absolute atomic E-state index is 0.185. The molecular weight excluding hydrogens is 677 g/mol. The molecule has 4 aromatic carbocycles. The van der Waals surface area contributed by atoms with Crippen LogP contribution in [0.15, 0.2) is 72.8 Å². The molecule has 8 heteroatoms. The first-order chi connectivity index (χ1) is 25.7. The SMILES string of the molecule is C[C@]1(C(=O)O)C2CCc3cc4c(cc3[C@@]2(C)CC[C@@H]1O)c1ccccc1n4-n1c2ccccc2c2cc3c(cc21)CCC1[C@](C)(C(=O)O)[C@@H](O)CC[C@]31C. The maximum atomic E-state index is 12.8. The van der Waals surface area contributed by atoms with Crippen molar-refractivity contribution in [1.82, 2.24) is 9.35 Å². The Morgan fingerprint density at radius 2 is 0.944 bits per heavy atom. The Bertz CT molecular complexity index is 2440. The minimum atomic E-state index is -1.21. The number of para-hydroxylation sites is 2. The van der Waals surface area contributed by atoms with E-state index in [9.17, 15) is 30.0 Å². The zero-order chi connectivity index (χ0) is 37.7. The van der Waals surface area contributed by atoms with Crippen LogP contribution in [0.25, 0.3) is 43.6 Å². The lowest BCUT2D eigenvalue weighted by atomic mass is 9.49.